The molecule has 8 heterocycles. The van der Waals surface area contributed by atoms with Gasteiger partial charge in [-0.1, -0.05) is 64.8 Å². The number of halogens is 2. The zero-order valence-corrected chi connectivity index (χ0v) is 50.9. The number of hydrogen-bond donors (Lipinski definition) is 6. The fourth-order valence-corrected chi connectivity index (χ4v) is 13.3. The number of carbonyl (C=O) groups excluding carboxylic acids is 4. The summed E-state index contributed by atoms with van der Waals surface area (Å²) >= 11 is 0. The standard InChI is InChI=1S/C64H88F2N12O8/c1-41-31-75(37-55(79)77-39-63(3,4)57-51(77)27-45(59(81)71-57)25-43-11-15-47(65)16-12-43)49(29-69-41)33-73-21-23-85-53(35-73)61(83)67-19-9-7-8-10-20-68-62(84)54-36-74(22-24-86-54)34-50-30-70-42(2)32-76(50)38-56(80)78-40-64(5,6)58-52(78)28-46(60(82)72-58)26-44-13-17-48(66)18-14-44/h11-18,27-28,41-42,49-50,53-54,69-70H,7-10,19-26,29-40H2,1-6H3,(H,67,83)(H,68,84)(H,71,81)(H,72,82)/t41-,42-,49-,50-,53+,54+/m1/s1. The van der Waals surface area contributed by atoms with E-state index in [1.165, 1.54) is 24.3 Å². The number of carbonyl (C=O) groups is 4. The Morgan fingerprint density at radius 2 is 0.977 bits per heavy atom. The molecule has 20 nitrogen and oxygen atoms in total. The minimum Gasteiger partial charge on any atom is -0.366 e. The van der Waals surface area contributed by atoms with Gasteiger partial charge in [-0.2, -0.15) is 0 Å². The number of H-pyrrole nitrogens is 2. The zero-order valence-electron chi connectivity index (χ0n) is 50.9. The lowest BCUT2D eigenvalue weighted by atomic mass is 9.91. The van der Waals surface area contributed by atoms with Crippen LogP contribution in [0.1, 0.15) is 101 Å². The number of benzene rings is 2. The van der Waals surface area contributed by atoms with Gasteiger partial charge in [-0.3, -0.25) is 48.4 Å². The van der Waals surface area contributed by atoms with Crippen LogP contribution < -0.4 is 42.2 Å². The second-order valence-electron chi connectivity index (χ2n) is 26.1. The molecule has 0 unspecified atom stereocenters. The summed E-state index contributed by atoms with van der Waals surface area (Å²) in [6.45, 7) is 21.8. The largest absolute Gasteiger partial charge is 0.366 e. The number of anilines is 2. The number of rotatable bonds is 21. The summed E-state index contributed by atoms with van der Waals surface area (Å²) in [4.78, 5) is 101. The van der Waals surface area contributed by atoms with Gasteiger partial charge in [0, 0.05) is 162 Å². The van der Waals surface area contributed by atoms with Gasteiger partial charge in [-0.25, -0.2) is 8.78 Å². The smallest absolute Gasteiger partial charge is 0.251 e. The van der Waals surface area contributed by atoms with Crippen LogP contribution in [0.15, 0.2) is 70.3 Å². The van der Waals surface area contributed by atoms with Gasteiger partial charge >= 0.3 is 0 Å². The van der Waals surface area contributed by atoms with Gasteiger partial charge in [-0.15, -0.1) is 0 Å². The molecule has 4 aromatic rings. The predicted molar refractivity (Wildman–Crippen MR) is 326 cm³/mol. The van der Waals surface area contributed by atoms with Crippen molar-refractivity contribution in [3.63, 3.8) is 0 Å². The molecule has 6 atom stereocenters. The quantitative estimate of drug-likeness (QED) is 0.0662. The van der Waals surface area contributed by atoms with Crippen molar-refractivity contribution in [2.75, 3.05) is 128 Å². The number of unbranched alkanes of at least 4 members (excludes halogenated alkanes) is 3. The molecule has 4 saturated heterocycles. The number of morpholine rings is 2. The minimum absolute atomic E-state index is 0.0142. The highest BCUT2D eigenvalue weighted by atomic mass is 19.1. The van der Waals surface area contributed by atoms with Gasteiger partial charge in [-0.05, 0) is 74.2 Å². The zero-order chi connectivity index (χ0) is 60.9. The number of nitrogens with one attached hydrogen (secondary N) is 6. The van der Waals surface area contributed by atoms with Crippen LogP contribution in [0.25, 0.3) is 0 Å². The number of nitrogens with zero attached hydrogens (tertiary/aromatic N) is 6. The summed E-state index contributed by atoms with van der Waals surface area (Å²) in [5.41, 5.74) is 4.17. The molecule has 0 bridgehead atoms. The fraction of sp³-hybridized carbons (Fsp3) is 0.594. The number of aromatic amines is 2. The third kappa shape index (κ3) is 15.4. The van der Waals surface area contributed by atoms with Crippen molar-refractivity contribution >= 4 is 35.0 Å². The molecule has 0 aliphatic carbocycles. The SMILES string of the molecule is C[C@@H]1CN(CC(=O)N2CC(C)(C)c3[nH]c(=O)c(Cc4ccc(F)cc4)cc32)[C@@H](CN2CCO[C@H](C(=O)NCCCCCCNC(=O)[C@@H]3CN(C[C@H]4CN[C@H](C)CN4CC(=O)N4CC(C)(C)c5[nH]c(=O)c(Cc6ccc(F)cc6)cc54)CCO3)C2)CN1. The number of pyridine rings is 2. The van der Waals surface area contributed by atoms with Gasteiger partial charge in [0.15, 0.2) is 0 Å². The number of ether oxygens (including phenoxy) is 2. The van der Waals surface area contributed by atoms with E-state index in [4.69, 9.17) is 9.47 Å². The van der Waals surface area contributed by atoms with Gasteiger partial charge in [0.05, 0.1) is 37.7 Å². The van der Waals surface area contributed by atoms with Crippen LogP contribution in [0.5, 0.6) is 0 Å². The van der Waals surface area contributed by atoms with Crippen LogP contribution >= 0.6 is 0 Å². The highest BCUT2D eigenvalue weighted by Crippen LogP contribution is 2.40. The summed E-state index contributed by atoms with van der Waals surface area (Å²) in [6.07, 6.45) is 2.75. The van der Waals surface area contributed by atoms with E-state index >= 15 is 0 Å². The van der Waals surface area contributed by atoms with Crippen molar-refractivity contribution < 1.29 is 37.4 Å². The van der Waals surface area contributed by atoms with Crippen molar-refractivity contribution in [2.45, 2.75) is 127 Å². The molecule has 22 heteroatoms. The summed E-state index contributed by atoms with van der Waals surface area (Å²) in [5, 5.41) is 13.3. The lowest BCUT2D eigenvalue weighted by Crippen LogP contribution is -2.62. The Morgan fingerprint density at radius 3 is 1.37 bits per heavy atom. The number of aromatic nitrogens is 2. The maximum atomic E-state index is 14.3. The van der Waals surface area contributed by atoms with Crippen molar-refractivity contribution in [2.24, 2.45) is 0 Å². The molecule has 0 spiro atoms. The third-order valence-electron chi connectivity index (χ3n) is 18.1. The molecule has 10 rings (SSSR count). The van der Waals surface area contributed by atoms with Crippen LogP contribution in [0.2, 0.25) is 0 Å². The molecule has 6 aliphatic heterocycles. The molecule has 6 N–H and O–H groups in total. The van der Waals surface area contributed by atoms with Crippen LogP contribution in [-0.4, -0.2) is 208 Å². The topological polar surface area (TPSA) is 220 Å². The van der Waals surface area contributed by atoms with Crippen molar-refractivity contribution in [1.29, 1.82) is 0 Å². The van der Waals surface area contributed by atoms with Gasteiger partial charge < -0.3 is 50.5 Å². The van der Waals surface area contributed by atoms with E-state index in [1.54, 1.807) is 34.1 Å². The maximum absolute atomic E-state index is 14.3. The summed E-state index contributed by atoms with van der Waals surface area (Å²) in [5.74, 6) is -1.05. The van der Waals surface area contributed by atoms with Crippen LogP contribution in [0, 0.1) is 11.6 Å². The lowest BCUT2D eigenvalue weighted by Gasteiger charge is -2.43. The van der Waals surface area contributed by atoms with E-state index < -0.39 is 23.0 Å². The Morgan fingerprint density at radius 1 is 0.581 bits per heavy atom. The molecule has 0 saturated carbocycles. The molecule has 4 fully saturated rings. The molecule has 2 aromatic heterocycles. The molecule has 4 amide bonds. The van der Waals surface area contributed by atoms with Crippen LogP contribution in [0.3, 0.4) is 0 Å². The van der Waals surface area contributed by atoms with E-state index in [2.05, 4.69) is 64.7 Å². The molecule has 0 radical (unpaired) electrons. The first-order valence-electron chi connectivity index (χ1n) is 31.0. The van der Waals surface area contributed by atoms with Crippen molar-refractivity contribution in [1.82, 2.24) is 50.8 Å². The Hall–Kier alpha value is -6.24. The van der Waals surface area contributed by atoms with Crippen molar-refractivity contribution in [3.8, 4) is 0 Å². The number of fused-ring (bicyclic) bond motifs is 2. The number of amides is 4. The maximum Gasteiger partial charge on any atom is 0.251 e. The summed E-state index contributed by atoms with van der Waals surface area (Å²) in [6, 6.07) is 16.2. The molecular formula is C64H88F2N12O8. The molecule has 466 valence electrons. The fourth-order valence-electron chi connectivity index (χ4n) is 13.3. The van der Waals surface area contributed by atoms with Crippen LogP contribution in [0.4, 0.5) is 20.2 Å². The van der Waals surface area contributed by atoms with E-state index in [0.717, 1.165) is 48.2 Å². The summed E-state index contributed by atoms with van der Waals surface area (Å²) in [7, 11) is 0. The monoisotopic (exact) mass is 1190 g/mol. The second-order valence-corrected chi connectivity index (χ2v) is 26.1. The Labute approximate surface area is 503 Å². The van der Waals surface area contributed by atoms with Gasteiger partial charge in [0.25, 0.3) is 11.1 Å². The van der Waals surface area contributed by atoms with Gasteiger partial charge in [0.2, 0.25) is 23.6 Å². The average molecular weight is 1190 g/mol. The molecule has 2 aromatic carbocycles. The summed E-state index contributed by atoms with van der Waals surface area (Å²) < 4.78 is 39.2. The molecule has 86 heavy (non-hydrogen) atoms. The highest BCUT2D eigenvalue weighted by molar-refractivity contribution is 5.98. The van der Waals surface area contributed by atoms with Gasteiger partial charge in [0.1, 0.15) is 23.8 Å². The van der Waals surface area contributed by atoms with E-state index in [-0.39, 0.29) is 83.6 Å². The number of piperazine rings is 2. The van der Waals surface area contributed by atoms with Crippen molar-refractivity contribution in [3.05, 3.63) is 127 Å². The molecule has 6 aliphatic rings. The van der Waals surface area contributed by atoms with Crippen LogP contribution in [-0.2, 0) is 52.3 Å². The Balaban J connectivity index is 0.628. The first-order valence-corrected chi connectivity index (χ1v) is 31.0. The third-order valence-corrected chi connectivity index (χ3v) is 18.1. The number of hydrogen-bond acceptors (Lipinski definition) is 14. The molecular weight excluding hydrogens is 1100 g/mol. The Kier molecular flexibility index (Phi) is 20.0. The highest BCUT2D eigenvalue weighted by Gasteiger charge is 2.43. The Bertz CT molecular complexity index is 2970. The normalized spacial score (nSPS) is 24.3. The predicted octanol–water partition coefficient (Wildman–Crippen LogP) is 2.99. The second kappa shape index (κ2) is 27.4. The van der Waals surface area contributed by atoms with E-state index in [9.17, 15) is 37.5 Å². The lowest BCUT2D eigenvalue weighted by molar-refractivity contribution is -0.139. The van der Waals surface area contributed by atoms with E-state index in [0.29, 0.717) is 140 Å². The first kappa shape index (κ1) is 62.8. The average Bonchev–Trinajstić information content (AvgIpc) is 1.70. The minimum atomic E-state index is -0.610. The van der Waals surface area contributed by atoms with E-state index in [1.807, 2.05) is 39.8 Å². The first-order chi connectivity index (χ1) is 41.2.